The van der Waals surface area contributed by atoms with Crippen LogP contribution in [0.1, 0.15) is 114 Å². The summed E-state index contributed by atoms with van der Waals surface area (Å²) in [4.78, 5) is 71.4. The van der Waals surface area contributed by atoms with Crippen molar-refractivity contribution >= 4 is 52.4 Å². The number of pyridine rings is 1. The van der Waals surface area contributed by atoms with Crippen LogP contribution < -0.4 is 30.9 Å². The Morgan fingerprint density at radius 3 is 2.25 bits per heavy atom. The average Bonchev–Trinajstić information content (AvgIpc) is 4.00. The van der Waals surface area contributed by atoms with Crippen molar-refractivity contribution in [3.05, 3.63) is 93.7 Å². The number of benzene rings is 2. The Kier molecular flexibility index (Phi) is 15.2. The van der Waals surface area contributed by atoms with Crippen LogP contribution in [0.25, 0.3) is 10.4 Å². The Morgan fingerprint density at radius 1 is 0.944 bits per heavy atom. The van der Waals surface area contributed by atoms with E-state index in [1.54, 1.807) is 40.6 Å². The van der Waals surface area contributed by atoms with Gasteiger partial charge in [-0.3, -0.25) is 24.1 Å². The number of nitrogens with one attached hydrogen (secondary N) is 4. The fourth-order valence-corrected chi connectivity index (χ4v) is 12.4. The smallest absolute Gasteiger partial charge is 0.253 e. The zero-order valence-corrected chi connectivity index (χ0v) is 44.0. The van der Waals surface area contributed by atoms with Gasteiger partial charge in [0.15, 0.2) is 0 Å². The van der Waals surface area contributed by atoms with E-state index in [0.717, 1.165) is 66.5 Å². The first-order chi connectivity index (χ1) is 33.6. The van der Waals surface area contributed by atoms with Crippen LogP contribution in [0.15, 0.2) is 66.3 Å². The predicted octanol–water partition coefficient (Wildman–Crippen LogP) is 7.29. The highest BCUT2D eigenvalue weighted by Gasteiger charge is 2.64. The van der Waals surface area contributed by atoms with E-state index in [-0.39, 0.29) is 65.2 Å². The Labute approximate surface area is 427 Å². The molecule has 4 N–H and O–H groups in total. The Morgan fingerprint density at radius 2 is 1.65 bits per heavy atom. The van der Waals surface area contributed by atoms with Crippen molar-refractivity contribution in [1.82, 2.24) is 41.0 Å². The summed E-state index contributed by atoms with van der Waals surface area (Å²) in [6, 6.07) is 17.9. The number of thiazole rings is 1. The van der Waals surface area contributed by atoms with E-state index in [0.29, 0.717) is 47.3 Å². The predicted molar refractivity (Wildman–Crippen MR) is 277 cm³/mol. The number of anilines is 1. The lowest BCUT2D eigenvalue weighted by atomic mass is 9.49. The number of aromatic nitrogens is 2. The number of carbonyl (C=O) groups is 4. The van der Waals surface area contributed by atoms with E-state index < -0.39 is 17.5 Å². The molecule has 2 saturated carbocycles. The number of hydrogen-bond acceptors (Lipinski definition) is 12. The Bertz CT molecular complexity index is 2610. The average molecular weight is 1010 g/mol. The number of nitrogens with zero attached hydrogens (tertiary/aromatic N) is 6. The second-order valence-electron chi connectivity index (χ2n) is 22.1. The monoisotopic (exact) mass is 1000 g/mol. The molecule has 4 aromatic rings. The zero-order valence-electron chi connectivity index (χ0n) is 42.5. The van der Waals surface area contributed by atoms with Crippen LogP contribution >= 0.6 is 22.9 Å². The molecule has 0 bridgehead atoms. The number of nitriles is 1. The van der Waals surface area contributed by atoms with Gasteiger partial charge in [0.1, 0.15) is 35.8 Å². The number of halogens is 1. The fourth-order valence-electron chi connectivity index (χ4n) is 11.3. The van der Waals surface area contributed by atoms with Crippen LogP contribution in [-0.4, -0.2) is 119 Å². The Hall–Kier alpha value is -5.60. The summed E-state index contributed by atoms with van der Waals surface area (Å²) in [5.74, 6) is 0.586. The molecule has 4 aliphatic rings. The zero-order chi connectivity index (χ0) is 51.0. The largest absolute Gasteiger partial charge is 0.489 e. The summed E-state index contributed by atoms with van der Waals surface area (Å²) in [5, 5.41) is 22.4. The maximum absolute atomic E-state index is 14.2. The molecule has 378 valence electrons. The van der Waals surface area contributed by atoms with Gasteiger partial charge < -0.3 is 35.8 Å². The Balaban J connectivity index is 0.751. The molecule has 15 nitrogen and oxygen atoms in total. The van der Waals surface area contributed by atoms with Gasteiger partial charge in [-0.25, -0.2) is 9.97 Å². The molecule has 8 rings (SSSR count). The van der Waals surface area contributed by atoms with Crippen LogP contribution in [0.3, 0.4) is 0 Å². The summed E-state index contributed by atoms with van der Waals surface area (Å²) >= 11 is 7.87. The van der Waals surface area contributed by atoms with Gasteiger partial charge in [-0.1, -0.05) is 84.3 Å². The van der Waals surface area contributed by atoms with E-state index in [1.165, 1.54) is 0 Å². The van der Waals surface area contributed by atoms with Crippen molar-refractivity contribution in [2.75, 3.05) is 44.2 Å². The maximum atomic E-state index is 14.2. The van der Waals surface area contributed by atoms with E-state index in [9.17, 15) is 24.4 Å². The van der Waals surface area contributed by atoms with Crippen molar-refractivity contribution < 1.29 is 23.9 Å². The summed E-state index contributed by atoms with van der Waals surface area (Å²) in [6.45, 7) is 22.1. The first-order valence-corrected chi connectivity index (χ1v) is 26.2. The topological polar surface area (TPSA) is 185 Å². The third-order valence-corrected chi connectivity index (χ3v) is 16.6. The van der Waals surface area contributed by atoms with E-state index in [1.807, 2.05) is 64.4 Å². The number of hydrogen-bond donors (Lipinski definition) is 4. The standard InChI is InChI=1S/C54H69ClN10O5S/c1-32(34-12-14-35(15-13-34)45-33(2)59-31-71-45)60-48(68)42-11-10-20-65(42)49(69)46(52(3,4)5)61-44(66)30-57-38-25-39(26-38)63-21-23-64(24-22-63)43-19-17-37(29-58-43)47(67)62-50-53(6,7)51(54(50,8)9)70-40-18-16-36(28-56)41(55)27-40/h12-19,27,29,31-32,38-39,42,46,50-51,57H,10-11,20-26,30H2,1-9H3,(H,60,68)(H,61,66)(H,62,67)/t32-,38-,39-,42-,46?,50-,51-/m0/s1. The normalized spacial score (nSPS) is 23.6. The quantitative estimate of drug-likeness (QED) is 0.0938. The van der Waals surface area contributed by atoms with Crippen molar-refractivity contribution in [2.45, 2.75) is 130 Å². The van der Waals surface area contributed by atoms with Crippen LogP contribution in [0.5, 0.6) is 5.75 Å². The summed E-state index contributed by atoms with van der Waals surface area (Å²) in [6.07, 6.45) is 4.60. The van der Waals surface area contributed by atoms with E-state index in [2.05, 4.69) is 81.9 Å². The molecule has 2 aliphatic heterocycles. The molecule has 2 aromatic carbocycles. The third kappa shape index (κ3) is 11.1. The molecule has 4 amide bonds. The number of ether oxygens (including phenoxy) is 1. The van der Waals surface area contributed by atoms with E-state index >= 15 is 0 Å². The van der Waals surface area contributed by atoms with E-state index in [4.69, 9.17) is 21.3 Å². The minimum absolute atomic E-state index is 0.105. The number of piperazine rings is 1. The molecule has 4 fully saturated rings. The van der Waals surface area contributed by atoms with Crippen LogP contribution in [0.4, 0.5) is 5.82 Å². The van der Waals surface area contributed by atoms with Crippen LogP contribution in [0.2, 0.25) is 5.02 Å². The first kappa shape index (κ1) is 51.7. The van der Waals surface area contributed by atoms with Crippen LogP contribution in [-0.2, 0) is 14.4 Å². The number of amides is 4. The summed E-state index contributed by atoms with van der Waals surface area (Å²) in [7, 11) is 0. The first-order valence-electron chi connectivity index (χ1n) is 24.9. The van der Waals surface area contributed by atoms with Crippen molar-refractivity contribution in [3.63, 3.8) is 0 Å². The van der Waals surface area contributed by atoms with Gasteiger partial charge in [-0.15, -0.1) is 11.3 Å². The van der Waals surface area contributed by atoms with Gasteiger partial charge in [0.25, 0.3) is 5.91 Å². The molecule has 0 spiro atoms. The number of carbonyl (C=O) groups excluding carboxylic acids is 4. The second-order valence-corrected chi connectivity index (χ2v) is 23.4. The molecule has 0 radical (unpaired) electrons. The number of likely N-dealkylation sites (tertiary alicyclic amines) is 1. The van der Waals surface area contributed by atoms with Gasteiger partial charge >= 0.3 is 0 Å². The molecule has 2 aromatic heterocycles. The highest BCUT2D eigenvalue weighted by atomic mass is 35.5. The molecule has 71 heavy (non-hydrogen) atoms. The maximum Gasteiger partial charge on any atom is 0.253 e. The van der Waals surface area contributed by atoms with Crippen molar-refractivity contribution in [1.29, 1.82) is 5.26 Å². The summed E-state index contributed by atoms with van der Waals surface area (Å²) in [5.41, 5.74) is 4.45. The molecule has 2 aliphatic carbocycles. The highest BCUT2D eigenvalue weighted by Crippen LogP contribution is 2.55. The minimum Gasteiger partial charge on any atom is -0.489 e. The SMILES string of the molecule is Cc1ncsc1-c1ccc([C@H](C)NC(=O)[C@@H]2CCCN2C(=O)C(NC(=O)CN[C@H]2C[C@H](N3CCN(c4ccc(C(=O)N[C@H]5C(C)(C)[C@H](Oc6ccc(C#N)c(Cl)c6)C5(C)C)cn4)CC3)C2)C(C)(C)C)cc1. The third-order valence-electron chi connectivity index (χ3n) is 15.3. The van der Waals surface area contributed by atoms with Gasteiger partial charge in [0, 0.05) is 73.9 Å². The number of rotatable bonds is 15. The summed E-state index contributed by atoms with van der Waals surface area (Å²) < 4.78 is 6.39. The molecule has 1 unspecified atom stereocenters. The van der Waals surface area contributed by atoms with Gasteiger partial charge in [0.05, 0.1) is 44.8 Å². The lowest BCUT2D eigenvalue weighted by Crippen LogP contribution is -2.74. The second kappa shape index (κ2) is 20.9. The fraction of sp³-hybridized carbons (Fsp3) is 0.537. The lowest BCUT2D eigenvalue weighted by Gasteiger charge is -2.63. The van der Waals surface area contributed by atoms with Gasteiger partial charge in [-0.2, -0.15) is 5.26 Å². The van der Waals surface area contributed by atoms with Crippen molar-refractivity contribution in [2.24, 2.45) is 16.2 Å². The van der Waals surface area contributed by atoms with Crippen LogP contribution in [0, 0.1) is 34.5 Å². The molecular formula is C54H69ClN10O5S. The van der Waals surface area contributed by atoms with Crippen molar-refractivity contribution in [3.8, 4) is 22.3 Å². The van der Waals surface area contributed by atoms with Gasteiger partial charge in [0.2, 0.25) is 17.7 Å². The highest BCUT2D eigenvalue weighted by molar-refractivity contribution is 7.13. The molecule has 4 heterocycles. The molecule has 17 heteroatoms. The number of aryl methyl sites for hydroxylation is 1. The molecule has 3 atom stereocenters. The molecular weight excluding hydrogens is 936 g/mol. The lowest BCUT2D eigenvalue weighted by molar-refractivity contribution is -0.164. The molecule has 2 saturated heterocycles. The van der Waals surface area contributed by atoms with Gasteiger partial charge in [-0.05, 0) is 80.3 Å². The minimum atomic E-state index is -0.789.